The predicted octanol–water partition coefficient (Wildman–Crippen LogP) is 2.73. The van der Waals surface area contributed by atoms with Gasteiger partial charge in [0.1, 0.15) is 12.4 Å². The van der Waals surface area contributed by atoms with Crippen LogP contribution in [0.5, 0.6) is 5.75 Å². The zero-order valence-corrected chi connectivity index (χ0v) is 15.4. The Morgan fingerprint density at radius 1 is 1.07 bits per heavy atom. The lowest BCUT2D eigenvalue weighted by atomic mass is 10.2. The van der Waals surface area contributed by atoms with E-state index in [1.165, 1.54) is 6.07 Å². The molecule has 0 aliphatic carbocycles. The van der Waals surface area contributed by atoms with Crippen LogP contribution in [0.3, 0.4) is 0 Å². The van der Waals surface area contributed by atoms with E-state index in [-0.39, 0.29) is 6.61 Å². The Hall–Kier alpha value is -3.13. The number of ether oxygens (including phenoxy) is 2. The monoisotopic (exact) mass is 386 g/mol. The van der Waals surface area contributed by atoms with Crippen LogP contribution in [0.2, 0.25) is 0 Å². The number of nitrogens with one attached hydrogen (secondary N) is 1. The zero-order valence-electron chi connectivity index (χ0n) is 14.6. The normalized spacial score (nSPS) is 11.1. The van der Waals surface area contributed by atoms with Crippen LogP contribution in [0, 0.1) is 0 Å². The van der Waals surface area contributed by atoms with E-state index in [4.69, 9.17) is 4.74 Å². The molecule has 0 aliphatic heterocycles. The predicted molar refractivity (Wildman–Crippen MR) is 102 cm³/mol. The first-order valence-corrected chi connectivity index (χ1v) is 9.75. The minimum absolute atomic E-state index is 0.239. The van der Waals surface area contributed by atoms with Gasteiger partial charge in [-0.1, -0.05) is 30.3 Å². The lowest BCUT2D eigenvalue weighted by Crippen LogP contribution is -2.23. The number of hydrogen-bond acceptors (Lipinski definition) is 6. The first-order chi connectivity index (χ1) is 12.9. The summed E-state index contributed by atoms with van der Waals surface area (Å²) < 4.78 is 36.3. The molecule has 0 saturated heterocycles. The molecule has 3 aromatic rings. The lowest BCUT2D eigenvalue weighted by Gasteiger charge is -2.10. The van der Waals surface area contributed by atoms with Gasteiger partial charge in [0.25, 0.3) is 0 Å². The van der Waals surface area contributed by atoms with E-state index in [2.05, 4.69) is 14.4 Å². The zero-order chi connectivity index (χ0) is 19.3. The van der Waals surface area contributed by atoms with Crippen molar-refractivity contribution in [1.82, 2.24) is 4.98 Å². The molecule has 0 atom stereocenters. The van der Waals surface area contributed by atoms with Gasteiger partial charge >= 0.3 is 5.97 Å². The topological polar surface area (TPSA) is 94.6 Å². The summed E-state index contributed by atoms with van der Waals surface area (Å²) in [4.78, 5) is 15.7. The summed E-state index contributed by atoms with van der Waals surface area (Å²) in [5.41, 5.74) is 1.93. The molecule has 7 nitrogen and oxygen atoms in total. The number of aromatic nitrogens is 1. The van der Waals surface area contributed by atoms with Crippen LogP contribution in [0.4, 0.5) is 5.69 Å². The van der Waals surface area contributed by atoms with E-state index < -0.39 is 21.7 Å². The maximum absolute atomic E-state index is 11.9. The molecule has 1 aromatic heterocycles. The number of carbonyl (C=O) groups is 1. The van der Waals surface area contributed by atoms with Gasteiger partial charge in [-0.25, -0.2) is 13.4 Å². The Labute approximate surface area is 157 Å². The fraction of sp³-hybridized carbons (Fsp3) is 0.158. The van der Waals surface area contributed by atoms with Crippen molar-refractivity contribution < 1.29 is 22.7 Å². The van der Waals surface area contributed by atoms with Crippen molar-refractivity contribution in [2.75, 3.05) is 17.6 Å². The average Bonchev–Trinajstić information content (AvgIpc) is 2.65. The Morgan fingerprint density at radius 2 is 1.89 bits per heavy atom. The van der Waals surface area contributed by atoms with Crippen LogP contribution in [0.25, 0.3) is 10.9 Å². The number of carbonyl (C=O) groups excluding carboxylic acids is 1. The van der Waals surface area contributed by atoms with Gasteiger partial charge in [0, 0.05) is 11.5 Å². The highest BCUT2D eigenvalue weighted by atomic mass is 32.2. The summed E-state index contributed by atoms with van der Waals surface area (Å²) in [6.07, 6.45) is 0. The van der Waals surface area contributed by atoms with Crippen molar-refractivity contribution in [2.45, 2.75) is 6.61 Å². The molecule has 0 fully saturated rings. The Morgan fingerprint density at radius 3 is 2.70 bits per heavy atom. The van der Waals surface area contributed by atoms with Crippen LogP contribution < -0.4 is 9.46 Å². The molecule has 0 spiro atoms. The summed E-state index contributed by atoms with van der Waals surface area (Å²) in [6, 6.07) is 18.1. The van der Waals surface area contributed by atoms with Crippen LogP contribution >= 0.6 is 0 Å². The van der Waals surface area contributed by atoms with Crippen molar-refractivity contribution in [3.8, 4) is 5.75 Å². The molecule has 140 valence electrons. The maximum atomic E-state index is 11.9. The van der Waals surface area contributed by atoms with Gasteiger partial charge < -0.3 is 9.47 Å². The largest absolute Gasteiger partial charge is 0.487 e. The van der Waals surface area contributed by atoms with E-state index in [9.17, 15) is 13.2 Å². The average molecular weight is 386 g/mol. The molecule has 2 aromatic carbocycles. The Balaban J connectivity index is 1.67. The van der Waals surface area contributed by atoms with Gasteiger partial charge in [-0.3, -0.25) is 9.52 Å². The van der Waals surface area contributed by atoms with Crippen molar-refractivity contribution in [2.24, 2.45) is 0 Å². The second-order valence-corrected chi connectivity index (χ2v) is 7.47. The third-order valence-electron chi connectivity index (χ3n) is 3.69. The fourth-order valence-electron chi connectivity index (χ4n) is 2.42. The SMILES string of the molecule is COC(=O)CS(=O)(=O)Nc1cccc(OCc2ccc3ccccc3n2)c1. The number of rotatable bonds is 7. The van der Waals surface area contributed by atoms with Crippen molar-refractivity contribution in [3.05, 3.63) is 66.4 Å². The number of benzene rings is 2. The fourth-order valence-corrected chi connectivity index (χ4v) is 3.41. The number of methoxy groups -OCH3 is 1. The Bertz CT molecular complexity index is 1070. The maximum Gasteiger partial charge on any atom is 0.322 e. The number of hydrogen-bond donors (Lipinski definition) is 1. The number of nitrogens with zero attached hydrogens (tertiary/aromatic N) is 1. The van der Waals surface area contributed by atoms with Gasteiger partial charge in [0.05, 0.1) is 24.0 Å². The van der Waals surface area contributed by atoms with Gasteiger partial charge in [-0.05, 0) is 24.3 Å². The molecule has 27 heavy (non-hydrogen) atoms. The molecular formula is C19H18N2O5S. The van der Waals surface area contributed by atoms with Crippen LogP contribution in [-0.2, 0) is 26.2 Å². The molecular weight excluding hydrogens is 368 g/mol. The van der Waals surface area contributed by atoms with E-state index in [1.54, 1.807) is 18.2 Å². The number of esters is 1. The smallest absolute Gasteiger partial charge is 0.322 e. The third-order valence-corrected chi connectivity index (χ3v) is 4.85. The highest BCUT2D eigenvalue weighted by molar-refractivity contribution is 7.93. The summed E-state index contributed by atoms with van der Waals surface area (Å²) in [7, 11) is -2.71. The number of sulfonamides is 1. The molecule has 0 aliphatic rings. The molecule has 0 saturated carbocycles. The number of anilines is 1. The van der Waals surface area contributed by atoms with E-state index in [1.807, 2.05) is 36.4 Å². The first-order valence-electron chi connectivity index (χ1n) is 8.10. The summed E-state index contributed by atoms with van der Waals surface area (Å²) in [5.74, 6) is -1.12. The number of fused-ring (bicyclic) bond motifs is 1. The van der Waals surface area contributed by atoms with Gasteiger partial charge in [-0.2, -0.15) is 0 Å². The van der Waals surface area contributed by atoms with Gasteiger partial charge in [0.2, 0.25) is 10.0 Å². The highest BCUT2D eigenvalue weighted by Gasteiger charge is 2.17. The van der Waals surface area contributed by atoms with Crippen LogP contribution in [-0.4, -0.2) is 32.2 Å². The standard InChI is InChI=1S/C19H18N2O5S/c1-25-19(22)13-27(23,24)21-15-6-4-7-17(11-15)26-12-16-10-9-14-5-2-3-8-18(14)20-16/h2-11,21H,12-13H2,1H3. The van der Waals surface area contributed by atoms with Crippen molar-refractivity contribution >= 4 is 32.6 Å². The van der Waals surface area contributed by atoms with E-state index in [0.29, 0.717) is 11.4 Å². The second-order valence-electron chi connectivity index (χ2n) is 5.75. The van der Waals surface area contributed by atoms with Crippen molar-refractivity contribution in [1.29, 1.82) is 0 Å². The summed E-state index contributed by atoms with van der Waals surface area (Å²) >= 11 is 0. The molecule has 0 radical (unpaired) electrons. The van der Waals surface area contributed by atoms with E-state index in [0.717, 1.165) is 23.7 Å². The summed E-state index contributed by atoms with van der Waals surface area (Å²) in [5, 5.41) is 1.04. The number of pyridine rings is 1. The Kier molecular flexibility index (Phi) is 5.56. The molecule has 8 heteroatoms. The lowest BCUT2D eigenvalue weighted by molar-refractivity contribution is -0.137. The molecule has 1 N–H and O–H groups in total. The molecule has 1 heterocycles. The minimum Gasteiger partial charge on any atom is -0.487 e. The minimum atomic E-state index is -3.85. The van der Waals surface area contributed by atoms with Gasteiger partial charge in [-0.15, -0.1) is 0 Å². The molecule has 0 amide bonds. The molecule has 0 unspecified atom stereocenters. The molecule has 0 bridgehead atoms. The van der Waals surface area contributed by atoms with Crippen molar-refractivity contribution in [3.63, 3.8) is 0 Å². The quantitative estimate of drug-likeness (QED) is 0.628. The van der Waals surface area contributed by atoms with Crippen LogP contribution in [0.1, 0.15) is 5.69 Å². The first kappa shape index (κ1) is 18.7. The van der Waals surface area contributed by atoms with Crippen LogP contribution in [0.15, 0.2) is 60.7 Å². The highest BCUT2D eigenvalue weighted by Crippen LogP contribution is 2.20. The molecule has 3 rings (SSSR count). The summed E-state index contributed by atoms with van der Waals surface area (Å²) in [6.45, 7) is 0.239. The van der Waals surface area contributed by atoms with E-state index >= 15 is 0 Å². The third kappa shape index (κ3) is 5.18. The number of para-hydroxylation sites is 1. The van der Waals surface area contributed by atoms with Gasteiger partial charge in [0.15, 0.2) is 5.75 Å². The second kappa shape index (κ2) is 8.05.